The van der Waals surface area contributed by atoms with E-state index in [4.69, 9.17) is 4.52 Å². The largest absolute Gasteiger partial charge is 0.360 e. The molecule has 0 spiro atoms. The Hall–Kier alpha value is -1.90. The average Bonchev–Trinajstić information content (AvgIpc) is 2.76. The first-order valence-corrected chi connectivity index (χ1v) is 5.80. The monoisotopic (exact) mass is 243 g/mol. The van der Waals surface area contributed by atoms with Gasteiger partial charge in [0.2, 0.25) is 0 Å². The Labute approximate surface area is 91.1 Å². The van der Waals surface area contributed by atoms with Crippen LogP contribution in [0.25, 0.3) is 0 Å². The quantitative estimate of drug-likeness (QED) is 0.796. The summed E-state index contributed by atoms with van der Waals surface area (Å²) in [4.78, 5) is 0.0236. The Bertz CT molecular complexity index is 566. The second-order valence-electron chi connectivity index (χ2n) is 3.11. The number of sulfonamides is 1. The molecular weight excluding hydrogens is 234 g/mol. The molecule has 0 radical (unpaired) electrons. The van der Waals surface area contributed by atoms with Gasteiger partial charge >= 0.3 is 0 Å². The number of aromatic amines is 1. The van der Waals surface area contributed by atoms with E-state index in [1.165, 1.54) is 13.1 Å². The zero-order valence-corrected chi connectivity index (χ0v) is 9.37. The molecule has 0 aliphatic heterocycles. The van der Waals surface area contributed by atoms with Crippen LogP contribution < -0.4 is 4.72 Å². The van der Waals surface area contributed by atoms with Gasteiger partial charge in [-0.3, -0.25) is 4.72 Å². The molecule has 0 aliphatic rings. The van der Waals surface area contributed by atoms with Crippen molar-refractivity contribution in [1.29, 1.82) is 0 Å². The van der Waals surface area contributed by atoms with Gasteiger partial charge in [-0.05, 0) is 13.8 Å². The minimum absolute atomic E-state index is 0.0236. The van der Waals surface area contributed by atoms with Gasteiger partial charge < -0.3 is 4.52 Å². The number of rotatable bonds is 3. The predicted molar refractivity (Wildman–Crippen MR) is 53.2 cm³/mol. The molecule has 0 aromatic carbocycles. The predicted octanol–water partition coefficient (Wildman–Crippen LogP) is 0.210. The summed E-state index contributed by atoms with van der Waals surface area (Å²) in [6.45, 7) is 3.07. The van der Waals surface area contributed by atoms with Gasteiger partial charge in [0.25, 0.3) is 10.0 Å². The van der Waals surface area contributed by atoms with Gasteiger partial charge in [0.15, 0.2) is 16.5 Å². The van der Waals surface area contributed by atoms with E-state index in [1.807, 2.05) is 0 Å². The van der Waals surface area contributed by atoms with Crippen LogP contribution in [0.5, 0.6) is 0 Å². The second kappa shape index (κ2) is 3.59. The van der Waals surface area contributed by atoms with Crippen molar-refractivity contribution in [2.75, 3.05) is 4.72 Å². The summed E-state index contributed by atoms with van der Waals surface area (Å²) in [5.41, 5.74) is 0.300. The molecule has 2 rings (SSSR count). The van der Waals surface area contributed by atoms with Gasteiger partial charge in [-0.15, -0.1) is 5.10 Å². The first-order valence-electron chi connectivity index (χ1n) is 4.32. The molecule has 8 nitrogen and oxygen atoms in total. The summed E-state index contributed by atoms with van der Waals surface area (Å²) in [6, 6.07) is 0. The number of aryl methyl sites for hydroxylation is 2. The van der Waals surface area contributed by atoms with Gasteiger partial charge in [-0.2, -0.15) is 10.3 Å². The Kier molecular flexibility index (Phi) is 2.38. The summed E-state index contributed by atoms with van der Waals surface area (Å²) in [5, 5.41) is 13.0. The van der Waals surface area contributed by atoms with Crippen LogP contribution in [-0.2, 0) is 10.0 Å². The highest BCUT2D eigenvalue weighted by molar-refractivity contribution is 7.92. The molecule has 0 fully saturated rings. The van der Waals surface area contributed by atoms with Crippen LogP contribution in [0.15, 0.2) is 15.6 Å². The number of hydrogen-bond donors (Lipinski definition) is 2. The third-order valence-corrected chi connectivity index (χ3v) is 3.49. The van der Waals surface area contributed by atoms with Crippen LogP contribution in [0.2, 0.25) is 0 Å². The number of aromatic nitrogens is 4. The first-order chi connectivity index (χ1) is 7.50. The van der Waals surface area contributed by atoms with Gasteiger partial charge in [0, 0.05) is 0 Å². The van der Waals surface area contributed by atoms with Crippen molar-refractivity contribution in [1.82, 2.24) is 20.6 Å². The molecule has 2 aromatic rings. The minimum atomic E-state index is -3.73. The maximum atomic E-state index is 11.9. The lowest BCUT2D eigenvalue weighted by atomic mass is 10.4. The Morgan fingerprint density at radius 1 is 1.44 bits per heavy atom. The van der Waals surface area contributed by atoms with Gasteiger partial charge in [0.05, 0.1) is 6.20 Å². The molecule has 2 aromatic heterocycles. The van der Waals surface area contributed by atoms with E-state index in [9.17, 15) is 8.42 Å². The van der Waals surface area contributed by atoms with E-state index < -0.39 is 10.0 Å². The third kappa shape index (κ3) is 1.76. The molecular formula is C7H9N5O3S. The standard InChI is InChI=1S/C7H9N5O3S/c1-4-7(5(2)15-10-4)16(13,14)11-6-3-8-12-9-6/h3H,1-2H3,(H2,8,9,11,12). The zero-order valence-electron chi connectivity index (χ0n) is 8.55. The van der Waals surface area contributed by atoms with Crippen molar-refractivity contribution in [3.05, 3.63) is 17.7 Å². The summed E-state index contributed by atoms with van der Waals surface area (Å²) in [7, 11) is -3.73. The third-order valence-electron chi connectivity index (χ3n) is 1.89. The summed E-state index contributed by atoms with van der Waals surface area (Å²) < 4.78 is 30.9. The molecule has 0 amide bonds. The molecule has 0 saturated heterocycles. The minimum Gasteiger partial charge on any atom is -0.360 e. The lowest BCUT2D eigenvalue weighted by molar-refractivity contribution is 0.390. The highest BCUT2D eigenvalue weighted by atomic mass is 32.2. The highest BCUT2D eigenvalue weighted by Crippen LogP contribution is 2.20. The lowest BCUT2D eigenvalue weighted by Crippen LogP contribution is -2.14. The molecule has 0 atom stereocenters. The Morgan fingerprint density at radius 3 is 2.69 bits per heavy atom. The van der Waals surface area contributed by atoms with Gasteiger partial charge in [-0.1, -0.05) is 5.16 Å². The van der Waals surface area contributed by atoms with E-state index in [1.54, 1.807) is 6.92 Å². The number of anilines is 1. The van der Waals surface area contributed by atoms with Crippen LogP contribution in [-0.4, -0.2) is 29.0 Å². The molecule has 0 unspecified atom stereocenters. The topological polar surface area (TPSA) is 114 Å². The van der Waals surface area contributed by atoms with Crippen molar-refractivity contribution in [2.45, 2.75) is 18.7 Å². The van der Waals surface area contributed by atoms with Crippen molar-refractivity contribution in [3.63, 3.8) is 0 Å². The Morgan fingerprint density at radius 2 is 2.19 bits per heavy atom. The van der Waals surface area contributed by atoms with Crippen molar-refractivity contribution in [3.8, 4) is 0 Å². The van der Waals surface area contributed by atoms with Crippen LogP contribution >= 0.6 is 0 Å². The van der Waals surface area contributed by atoms with Crippen LogP contribution in [0.1, 0.15) is 11.5 Å². The fourth-order valence-electron chi connectivity index (χ4n) is 1.30. The van der Waals surface area contributed by atoms with Crippen molar-refractivity contribution < 1.29 is 12.9 Å². The lowest BCUT2D eigenvalue weighted by Gasteiger charge is -2.02. The second-order valence-corrected chi connectivity index (χ2v) is 4.73. The summed E-state index contributed by atoms with van der Waals surface area (Å²) in [5.74, 6) is 0.341. The molecule has 0 saturated carbocycles. The van der Waals surface area contributed by atoms with E-state index in [0.29, 0.717) is 5.69 Å². The van der Waals surface area contributed by atoms with E-state index in [2.05, 4.69) is 25.3 Å². The highest BCUT2D eigenvalue weighted by Gasteiger charge is 2.24. The molecule has 2 heterocycles. The number of nitrogens with one attached hydrogen (secondary N) is 2. The molecule has 0 bridgehead atoms. The molecule has 86 valence electrons. The van der Waals surface area contributed by atoms with Crippen LogP contribution in [0, 0.1) is 13.8 Å². The van der Waals surface area contributed by atoms with Crippen molar-refractivity contribution in [2.24, 2.45) is 0 Å². The number of H-pyrrole nitrogens is 1. The smallest absolute Gasteiger partial charge is 0.268 e. The maximum Gasteiger partial charge on any atom is 0.268 e. The van der Waals surface area contributed by atoms with E-state index in [-0.39, 0.29) is 16.5 Å². The SMILES string of the molecule is Cc1noc(C)c1S(=O)(=O)Nc1cn[nH]n1. The fourth-order valence-corrected chi connectivity index (χ4v) is 2.62. The first kappa shape index (κ1) is 10.6. The fraction of sp³-hybridized carbons (Fsp3) is 0.286. The molecule has 16 heavy (non-hydrogen) atoms. The zero-order chi connectivity index (χ0) is 11.8. The molecule has 9 heteroatoms. The number of hydrogen-bond acceptors (Lipinski definition) is 6. The van der Waals surface area contributed by atoms with E-state index >= 15 is 0 Å². The maximum absolute atomic E-state index is 11.9. The summed E-state index contributed by atoms with van der Waals surface area (Å²) >= 11 is 0. The summed E-state index contributed by atoms with van der Waals surface area (Å²) in [6.07, 6.45) is 1.26. The van der Waals surface area contributed by atoms with Crippen molar-refractivity contribution >= 4 is 15.8 Å². The van der Waals surface area contributed by atoms with Gasteiger partial charge in [0.1, 0.15) is 5.69 Å². The Balaban J connectivity index is 2.40. The van der Waals surface area contributed by atoms with E-state index in [0.717, 1.165) is 0 Å². The van der Waals surface area contributed by atoms with Crippen LogP contribution in [0.3, 0.4) is 0 Å². The number of nitrogens with zero attached hydrogens (tertiary/aromatic N) is 3. The molecule has 0 aliphatic carbocycles. The normalized spacial score (nSPS) is 11.6. The average molecular weight is 243 g/mol. The molecule has 2 N–H and O–H groups in total. The van der Waals surface area contributed by atoms with Gasteiger partial charge in [-0.25, -0.2) is 8.42 Å². The van der Waals surface area contributed by atoms with Crippen LogP contribution in [0.4, 0.5) is 5.82 Å².